The molecule has 0 fully saturated rings. The van der Waals surface area contributed by atoms with Gasteiger partial charge in [-0.15, -0.1) is 0 Å². The van der Waals surface area contributed by atoms with Crippen molar-refractivity contribution in [2.24, 2.45) is 0 Å². The number of allylic oxidation sites excluding steroid dienone is 1. The molecule has 0 saturated heterocycles. The first kappa shape index (κ1) is 16.8. The molecule has 0 aromatic heterocycles. The van der Waals surface area contributed by atoms with E-state index in [-0.39, 0.29) is 31.0 Å². The van der Waals surface area contributed by atoms with E-state index in [0.717, 1.165) is 0 Å². The average Bonchev–Trinajstić information content (AvgIpc) is 2.30. The molecule has 0 spiro atoms. The Labute approximate surface area is 122 Å². The average molecular weight is 261 g/mol. The summed E-state index contributed by atoms with van der Waals surface area (Å²) in [6.45, 7) is 1.67. The van der Waals surface area contributed by atoms with Gasteiger partial charge in [-0.25, -0.2) is 4.79 Å². The third kappa shape index (κ3) is 4.97. The first-order chi connectivity index (χ1) is 8.04. The van der Waals surface area contributed by atoms with Gasteiger partial charge < -0.3 is 9.84 Å². The molecule has 0 heterocycles. The van der Waals surface area contributed by atoms with Gasteiger partial charge in [0.1, 0.15) is 0 Å². The van der Waals surface area contributed by atoms with E-state index in [4.69, 9.17) is 11.6 Å². The van der Waals surface area contributed by atoms with E-state index in [9.17, 15) is 14.7 Å². The Bertz CT molecular complexity index is 454. The van der Waals surface area contributed by atoms with Gasteiger partial charge in [0, 0.05) is 10.6 Å². The van der Waals surface area contributed by atoms with E-state index in [2.05, 4.69) is 4.74 Å². The molecule has 0 atom stereocenters. The predicted octanol–water partition coefficient (Wildman–Crippen LogP) is -1.67. The molecule has 18 heavy (non-hydrogen) atoms. The Morgan fingerprint density at radius 1 is 1.33 bits per heavy atom. The van der Waals surface area contributed by atoms with Crippen molar-refractivity contribution in [2.75, 3.05) is 6.61 Å². The minimum Gasteiger partial charge on any atom is -0.867 e. The molecule has 0 radical (unpaired) electrons. The molecule has 0 aliphatic heterocycles. The van der Waals surface area contributed by atoms with Crippen LogP contribution < -0.4 is 24.0 Å². The van der Waals surface area contributed by atoms with Crippen LogP contribution in [0.2, 0.25) is 5.02 Å². The second-order valence-corrected chi connectivity index (χ2v) is 3.54. The Kier molecular flexibility index (Phi) is 7.45. The summed E-state index contributed by atoms with van der Waals surface area (Å²) in [6, 6.07) is 5.99. The van der Waals surface area contributed by atoms with Gasteiger partial charge >= 0.3 is 24.8 Å². The summed E-state index contributed by atoms with van der Waals surface area (Å²) in [7, 11) is 0. The maximum Gasteiger partial charge on any atom is 1.00 e. The van der Waals surface area contributed by atoms with Gasteiger partial charge in [0.05, 0.1) is 6.61 Å². The van der Waals surface area contributed by atoms with Gasteiger partial charge in [-0.2, -0.15) is 0 Å². The van der Waals surface area contributed by atoms with Crippen molar-refractivity contribution in [1.29, 1.82) is 0 Å². The van der Waals surface area contributed by atoms with E-state index in [1.54, 1.807) is 6.92 Å². The van der Waals surface area contributed by atoms with Crippen molar-refractivity contribution in [1.82, 2.24) is 0 Å². The molecule has 4 nitrogen and oxygen atoms in total. The summed E-state index contributed by atoms with van der Waals surface area (Å²) in [5.41, 5.74) is 0.284. The molecule has 0 bridgehead atoms. The largest absolute Gasteiger partial charge is 1.00 e. The summed E-state index contributed by atoms with van der Waals surface area (Å²) in [5, 5.41) is 11.7. The zero-order valence-electron chi connectivity index (χ0n) is 10.1. The van der Waals surface area contributed by atoms with Crippen molar-refractivity contribution in [2.45, 2.75) is 6.92 Å². The molecule has 1 rings (SSSR count). The van der Waals surface area contributed by atoms with E-state index in [0.29, 0.717) is 11.1 Å². The number of carbonyl (C=O) groups excluding carboxylic acids is 2. The Balaban J connectivity index is 0.00000289. The van der Waals surface area contributed by atoms with Gasteiger partial charge in [0.25, 0.3) is 0 Å². The monoisotopic (exact) mass is 260 g/mol. The van der Waals surface area contributed by atoms with E-state index >= 15 is 0 Å². The Morgan fingerprint density at radius 2 is 1.89 bits per heavy atom. The van der Waals surface area contributed by atoms with Gasteiger partial charge in [0.2, 0.25) is 0 Å². The zero-order valence-corrected chi connectivity index (χ0v) is 10.9. The maximum atomic E-state index is 11.5. The van der Waals surface area contributed by atoms with Gasteiger partial charge in [-0.3, -0.25) is 4.79 Å². The van der Waals surface area contributed by atoms with Crippen molar-refractivity contribution in [3.63, 3.8) is 0 Å². The number of ketones is 1. The molecular weight excluding hydrogens is 251 g/mol. The zero-order chi connectivity index (χ0) is 12.8. The molecule has 6 heteroatoms. The smallest absolute Gasteiger partial charge is 0.867 e. The Morgan fingerprint density at radius 3 is 2.39 bits per heavy atom. The first-order valence-corrected chi connectivity index (χ1v) is 5.28. The van der Waals surface area contributed by atoms with Crippen molar-refractivity contribution < 1.29 is 38.3 Å². The van der Waals surface area contributed by atoms with E-state index in [1.807, 2.05) is 0 Å². The second kappa shape index (κ2) is 7.99. The standard InChI is InChI=1S/C12H11ClO4.Li/c1-2-17-12(16)11(15)7-10(14)8-3-5-9(13)6-4-8;/h3-7,15H,2H2,1H3;/q;+1/p-1/b11-7-;. The van der Waals surface area contributed by atoms with Crippen molar-refractivity contribution >= 4 is 23.4 Å². The minimum atomic E-state index is -1.03. The third-order valence-electron chi connectivity index (χ3n) is 1.87. The number of hydrogen-bond acceptors (Lipinski definition) is 4. The first-order valence-electron chi connectivity index (χ1n) is 4.90. The molecule has 1 aromatic carbocycles. The summed E-state index contributed by atoms with van der Waals surface area (Å²) in [5.74, 6) is -2.55. The molecule has 0 aliphatic carbocycles. The topological polar surface area (TPSA) is 66.4 Å². The van der Waals surface area contributed by atoms with Crippen molar-refractivity contribution in [3.05, 3.63) is 46.7 Å². The number of ether oxygens (including phenoxy) is 1. The molecule has 0 amide bonds. The number of carbonyl (C=O) groups is 2. The quantitative estimate of drug-likeness (QED) is 0.214. The van der Waals surface area contributed by atoms with E-state index in [1.165, 1.54) is 24.3 Å². The van der Waals surface area contributed by atoms with Crippen LogP contribution in [0.15, 0.2) is 36.1 Å². The van der Waals surface area contributed by atoms with Gasteiger partial charge in [0.15, 0.2) is 5.78 Å². The second-order valence-electron chi connectivity index (χ2n) is 3.10. The molecule has 0 N–H and O–H groups in total. The summed E-state index contributed by atoms with van der Waals surface area (Å²) < 4.78 is 4.47. The fourth-order valence-electron chi connectivity index (χ4n) is 1.08. The van der Waals surface area contributed by atoms with Crippen LogP contribution in [0.3, 0.4) is 0 Å². The van der Waals surface area contributed by atoms with Crippen LogP contribution in [0.25, 0.3) is 0 Å². The predicted molar refractivity (Wildman–Crippen MR) is 60.5 cm³/mol. The normalized spacial score (nSPS) is 10.4. The van der Waals surface area contributed by atoms with Crippen LogP contribution in [-0.4, -0.2) is 18.4 Å². The molecule has 0 aliphatic rings. The number of rotatable bonds is 4. The van der Waals surface area contributed by atoms with Gasteiger partial charge in [-0.1, -0.05) is 11.6 Å². The minimum absolute atomic E-state index is 0. The fraction of sp³-hybridized carbons (Fsp3) is 0.167. The summed E-state index contributed by atoms with van der Waals surface area (Å²) in [6.07, 6.45) is 0.710. The third-order valence-corrected chi connectivity index (χ3v) is 2.12. The van der Waals surface area contributed by atoms with Crippen LogP contribution in [0.1, 0.15) is 17.3 Å². The maximum absolute atomic E-state index is 11.5. The van der Waals surface area contributed by atoms with Crippen LogP contribution in [0, 0.1) is 0 Å². The van der Waals surface area contributed by atoms with Crippen molar-refractivity contribution in [3.8, 4) is 0 Å². The van der Waals surface area contributed by atoms with Gasteiger partial charge in [-0.05, 0) is 43.0 Å². The van der Waals surface area contributed by atoms with Crippen LogP contribution in [-0.2, 0) is 9.53 Å². The summed E-state index contributed by atoms with van der Waals surface area (Å²) >= 11 is 5.65. The van der Waals surface area contributed by atoms with E-state index < -0.39 is 17.5 Å². The fourth-order valence-corrected chi connectivity index (χ4v) is 1.20. The van der Waals surface area contributed by atoms with Crippen LogP contribution in [0.5, 0.6) is 0 Å². The number of hydrogen-bond donors (Lipinski definition) is 0. The summed E-state index contributed by atoms with van der Waals surface area (Å²) in [4.78, 5) is 22.5. The number of halogens is 1. The Hall–Kier alpha value is -1.21. The SMILES string of the molecule is CCOC(=O)/C([O-])=C/C(=O)c1ccc(Cl)cc1.[Li+]. The molecule has 0 unspecified atom stereocenters. The molecule has 90 valence electrons. The molecule has 0 saturated carbocycles. The number of esters is 1. The number of benzene rings is 1. The van der Waals surface area contributed by atoms with Crippen LogP contribution >= 0.6 is 11.6 Å². The molecule has 1 aromatic rings. The van der Waals surface area contributed by atoms with Crippen LogP contribution in [0.4, 0.5) is 0 Å². The molecular formula is C12H10ClLiO4.